The molecule has 7 heteroatoms. The number of amides is 1. The molecule has 31 heavy (non-hydrogen) atoms. The van der Waals surface area contributed by atoms with Crippen LogP contribution in [0.3, 0.4) is 0 Å². The molecule has 6 nitrogen and oxygen atoms in total. The summed E-state index contributed by atoms with van der Waals surface area (Å²) in [5.41, 5.74) is 4.38. The highest BCUT2D eigenvalue weighted by atomic mass is 19.1. The Morgan fingerprint density at radius 1 is 1.06 bits per heavy atom. The van der Waals surface area contributed by atoms with E-state index < -0.39 is 0 Å². The number of halogens is 1. The zero-order chi connectivity index (χ0) is 22.1. The number of rotatable bonds is 9. The number of carbonyl (C=O) groups excluding carboxylic acids is 1. The van der Waals surface area contributed by atoms with Gasteiger partial charge in [-0.05, 0) is 54.4 Å². The molecule has 0 aliphatic heterocycles. The van der Waals surface area contributed by atoms with Gasteiger partial charge in [-0.15, -0.1) is 0 Å². The number of hydrogen-bond acceptors (Lipinski definition) is 5. The normalized spacial score (nSPS) is 10.8. The number of aromatic hydroxyl groups is 1. The summed E-state index contributed by atoms with van der Waals surface area (Å²) in [7, 11) is 0. The summed E-state index contributed by atoms with van der Waals surface area (Å²) in [6.07, 6.45) is 1.64. The van der Waals surface area contributed by atoms with E-state index >= 15 is 0 Å². The zero-order valence-electron chi connectivity index (χ0n) is 17.0. The highest BCUT2D eigenvalue weighted by Crippen LogP contribution is 2.29. The van der Waals surface area contributed by atoms with Crippen molar-refractivity contribution in [3.8, 4) is 17.2 Å². The summed E-state index contributed by atoms with van der Waals surface area (Å²) in [4.78, 5) is 12.0. The number of benzene rings is 3. The summed E-state index contributed by atoms with van der Waals surface area (Å²) in [5.74, 6) is 0.523. The Morgan fingerprint density at radius 2 is 1.84 bits per heavy atom. The average Bonchev–Trinajstić information content (AvgIpc) is 2.76. The van der Waals surface area contributed by atoms with Crippen LogP contribution in [0.4, 0.5) is 4.39 Å². The van der Waals surface area contributed by atoms with Gasteiger partial charge < -0.3 is 14.6 Å². The first-order chi connectivity index (χ1) is 15.0. The van der Waals surface area contributed by atoms with Gasteiger partial charge in [0.1, 0.15) is 18.2 Å². The van der Waals surface area contributed by atoms with Gasteiger partial charge in [-0.25, -0.2) is 9.82 Å². The lowest BCUT2D eigenvalue weighted by atomic mass is 10.1. The summed E-state index contributed by atoms with van der Waals surface area (Å²) < 4.78 is 25.1. The maximum atomic E-state index is 13.8. The Hall–Kier alpha value is -3.87. The summed E-state index contributed by atoms with van der Waals surface area (Å²) in [6.45, 7) is 2.36. The van der Waals surface area contributed by atoms with Gasteiger partial charge in [-0.1, -0.05) is 30.3 Å². The molecule has 0 saturated carbocycles. The molecule has 3 aromatic carbocycles. The van der Waals surface area contributed by atoms with Gasteiger partial charge >= 0.3 is 0 Å². The first kappa shape index (κ1) is 21.8. The number of nitrogens with one attached hydrogen (secondary N) is 1. The van der Waals surface area contributed by atoms with Crippen molar-refractivity contribution in [2.45, 2.75) is 20.0 Å². The molecule has 0 heterocycles. The SMILES string of the molecule is CCOc1cc(/C=N\NC(=O)Cc2ccc(O)cc2)ccc1OCc1ccccc1F. The Kier molecular flexibility index (Phi) is 7.59. The van der Waals surface area contributed by atoms with E-state index in [0.717, 1.165) is 5.56 Å². The van der Waals surface area contributed by atoms with E-state index in [0.29, 0.717) is 29.2 Å². The van der Waals surface area contributed by atoms with Crippen LogP contribution < -0.4 is 14.9 Å². The van der Waals surface area contributed by atoms with Crippen molar-refractivity contribution < 1.29 is 23.8 Å². The van der Waals surface area contributed by atoms with Crippen molar-refractivity contribution in [3.05, 3.63) is 89.2 Å². The number of phenols is 1. The maximum Gasteiger partial charge on any atom is 0.244 e. The van der Waals surface area contributed by atoms with Crippen LogP contribution in [0.1, 0.15) is 23.6 Å². The molecule has 3 rings (SSSR count). The van der Waals surface area contributed by atoms with Crippen molar-refractivity contribution >= 4 is 12.1 Å². The minimum absolute atomic E-state index is 0.0769. The highest BCUT2D eigenvalue weighted by molar-refractivity contribution is 5.84. The standard InChI is InChI=1S/C24H23FN2O4/c1-2-30-23-13-18(9-12-22(23)31-16-19-5-3-4-6-21(19)25)15-26-27-24(29)14-17-7-10-20(28)11-8-17/h3-13,15,28H,2,14,16H2,1H3,(H,27,29)/b26-15-. The predicted octanol–water partition coefficient (Wildman–Crippen LogP) is 4.20. The quantitative estimate of drug-likeness (QED) is 0.400. The second-order valence-corrected chi connectivity index (χ2v) is 6.66. The van der Waals surface area contributed by atoms with Gasteiger partial charge in [0.2, 0.25) is 5.91 Å². The lowest BCUT2D eigenvalue weighted by Crippen LogP contribution is -2.19. The second-order valence-electron chi connectivity index (χ2n) is 6.66. The Morgan fingerprint density at radius 3 is 2.58 bits per heavy atom. The lowest BCUT2D eigenvalue weighted by Gasteiger charge is -2.13. The topological polar surface area (TPSA) is 80.2 Å². The van der Waals surface area contributed by atoms with E-state index in [9.17, 15) is 14.3 Å². The van der Waals surface area contributed by atoms with E-state index in [1.165, 1.54) is 24.4 Å². The molecular formula is C24H23FN2O4. The predicted molar refractivity (Wildman–Crippen MR) is 116 cm³/mol. The molecule has 0 unspecified atom stereocenters. The van der Waals surface area contributed by atoms with Crippen molar-refractivity contribution in [3.63, 3.8) is 0 Å². The molecule has 2 N–H and O–H groups in total. The van der Waals surface area contributed by atoms with Gasteiger partial charge in [0, 0.05) is 5.56 Å². The van der Waals surface area contributed by atoms with E-state index in [-0.39, 0.29) is 30.5 Å². The molecule has 1 amide bonds. The number of phenolic OH excluding ortho intramolecular Hbond substituents is 1. The van der Waals surface area contributed by atoms with Gasteiger partial charge in [0.15, 0.2) is 11.5 Å². The maximum absolute atomic E-state index is 13.8. The number of hydrazone groups is 1. The van der Waals surface area contributed by atoms with E-state index in [2.05, 4.69) is 10.5 Å². The van der Waals surface area contributed by atoms with E-state index in [1.807, 2.05) is 6.92 Å². The third-order valence-corrected chi connectivity index (χ3v) is 4.31. The van der Waals surface area contributed by atoms with Crippen LogP contribution in [0.15, 0.2) is 71.8 Å². The largest absolute Gasteiger partial charge is 0.508 e. The smallest absolute Gasteiger partial charge is 0.244 e. The van der Waals surface area contributed by atoms with Gasteiger partial charge in [0.25, 0.3) is 0 Å². The van der Waals surface area contributed by atoms with Crippen LogP contribution in [-0.4, -0.2) is 23.8 Å². The molecule has 0 saturated heterocycles. The van der Waals surface area contributed by atoms with Crippen LogP contribution in [0.2, 0.25) is 0 Å². The second kappa shape index (κ2) is 10.8. The van der Waals surface area contributed by atoms with Crippen LogP contribution >= 0.6 is 0 Å². The van der Waals surface area contributed by atoms with Crippen molar-refractivity contribution in [1.82, 2.24) is 5.43 Å². The fourth-order valence-electron chi connectivity index (χ4n) is 2.78. The van der Waals surface area contributed by atoms with Crippen LogP contribution in [0.25, 0.3) is 0 Å². The monoisotopic (exact) mass is 422 g/mol. The van der Waals surface area contributed by atoms with Crippen LogP contribution in [0, 0.1) is 5.82 Å². The molecule has 0 aromatic heterocycles. The molecule has 0 radical (unpaired) electrons. The number of ether oxygens (including phenoxy) is 2. The lowest BCUT2D eigenvalue weighted by molar-refractivity contribution is -0.120. The van der Waals surface area contributed by atoms with Crippen molar-refractivity contribution in [1.29, 1.82) is 0 Å². The fourth-order valence-corrected chi connectivity index (χ4v) is 2.78. The van der Waals surface area contributed by atoms with Crippen LogP contribution in [-0.2, 0) is 17.8 Å². The Bertz CT molecular complexity index is 1050. The minimum atomic E-state index is -0.327. The first-order valence-electron chi connectivity index (χ1n) is 9.78. The molecule has 0 bridgehead atoms. The molecule has 3 aromatic rings. The number of nitrogens with zero attached hydrogens (tertiary/aromatic N) is 1. The van der Waals surface area contributed by atoms with E-state index in [4.69, 9.17) is 9.47 Å². The first-order valence-corrected chi connectivity index (χ1v) is 9.78. The number of hydrogen-bond donors (Lipinski definition) is 2. The Labute approximate surface area is 179 Å². The third-order valence-electron chi connectivity index (χ3n) is 4.31. The summed E-state index contributed by atoms with van der Waals surface area (Å²) >= 11 is 0. The average molecular weight is 422 g/mol. The van der Waals surface area contributed by atoms with E-state index in [1.54, 1.807) is 48.5 Å². The summed E-state index contributed by atoms with van der Waals surface area (Å²) in [5, 5.41) is 13.3. The van der Waals surface area contributed by atoms with Crippen molar-refractivity contribution in [2.24, 2.45) is 5.10 Å². The van der Waals surface area contributed by atoms with Crippen LogP contribution in [0.5, 0.6) is 17.2 Å². The van der Waals surface area contributed by atoms with Crippen molar-refractivity contribution in [2.75, 3.05) is 6.61 Å². The highest BCUT2D eigenvalue weighted by Gasteiger charge is 2.08. The molecular weight excluding hydrogens is 399 g/mol. The zero-order valence-corrected chi connectivity index (χ0v) is 17.0. The minimum Gasteiger partial charge on any atom is -0.508 e. The molecule has 0 atom stereocenters. The summed E-state index contributed by atoms with van der Waals surface area (Å²) in [6, 6.07) is 18.0. The molecule has 0 fully saturated rings. The number of carbonyl (C=O) groups is 1. The van der Waals surface area contributed by atoms with Gasteiger partial charge in [0.05, 0.1) is 19.2 Å². The van der Waals surface area contributed by atoms with Gasteiger partial charge in [-0.3, -0.25) is 4.79 Å². The molecule has 0 spiro atoms. The molecule has 0 aliphatic rings. The molecule has 160 valence electrons. The Balaban J connectivity index is 1.60. The third kappa shape index (κ3) is 6.57. The van der Waals surface area contributed by atoms with Gasteiger partial charge in [-0.2, -0.15) is 5.10 Å². The molecule has 0 aliphatic carbocycles. The fraction of sp³-hybridized carbons (Fsp3) is 0.167.